The summed E-state index contributed by atoms with van der Waals surface area (Å²) in [5, 5.41) is 0. The Kier molecular flexibility index (Phi) is 5.25. The molecule has 3 nitrogen and oxygen atoms in total. The van der Waals surface area contributed by atoms with Gasteiger partial charge < -0.3 is 4.74 Å². The highest BCUT2D eigenvalue weighted by Crippen LogP contribution is 2.32. The molecule has 0 amide bonds. The summed E-state index contributed by atoms with van der Waals surface area (Å²) in [5.41, 5.74) is 2.82. The number of hydrogen-bond acceptors (Lipinski definition) is 3. The molecule has 0 atom stereocenters. The fourth-order valence-electron chi connectivity index (χ4n) is 2.44. The van der Waals surface area contributed by atoms with Crippen LogP contribution >= 0.6 is 15.9 Å². The van der Waals surface area contributed by atoms with Crippen molar-refractivity contribution >= 4 is 25.8 Å². The first-order valence-electron chi connectivity index (χ1n) is 7.70. The van der Waals surface area contributed by atoms with Gasteiger partial charge in [0.15, 0.2) is 9.84 Å². The van der Waals surface area contributed by atoms with E-state index in [1.54, 1.807) is 18.2 Å². The Balaban J connectivity index is 1.89. The van der Waals surface area contributed by atoms with Crippen molar-refractivity contribution in [2.75, 3.05) is 6.26 Å². The highest BCUT2D eigenvalue weighted by Gasteiger charge is 2.10. The van der Waals surface area contributed by atoms with E-state index < -0.39 is 9.84 Å². The van der Waals surface area contributed by atoms with Gasteiger partial charge in [0.25, 0.3) is 0 Å². The minimum absolute atomic E-state index is 0.305. The van der Waals surface area contributed by atoms with Gasteiger partial charge in [-0.2, -0.15) is 0 Å². The van der Waals surface area contributed by atoms with Crippen molar-refractivity contribution in [2.24, 2.45) is 0 Å². The molecule has 0 radical (unpaired) electrons. The minimum Gasteiger partial charge on any atom is -0.488 e. The van der Waals surface area contributed by atoms with Gasteiger partial charge in [0.2, 0.25) is 0 Å². The molecule has 0 aliphatic rings. The molecule has 0 fully saturated rings. The smallest absolute Gasteiger partial charge is 0.175 e. The molecule has 3 aromatic rings. The predicted molar refractivity (Wildman–Crippen MR) is 103 cm³/mol. The number of halogens is 1. The van der Waals surface area contributed by atoms with Crippen LogP contribution in [0.25, 0.3) is 11.1 Å². The quantitative estimate of drug-likeness (QED) is 0.580. The van der Waals surface area contributed by atoms with Crippen molar-refractivity contribution in [1.29, 1.82) is 0 Å². The summed E-state index contributed by atoms with van der Waals surface area (Å²) in [5.74, 6) is 0.714. The standard InChI is InChI=1S/C20H17BrO3S/c1-25(22,23)18-9-5-8-16(12-18)17-10-11-19(21)20(13-17)24-14-15-6-3-2-4-7-15/h2-13H,14H2,1H3. The first kappa shape index (κ1) is 17.7. The average molecular weight is 417 g/mol. The molecule has 0 aliphatic heterocycles. The molecule has 0 N–H and O–H groups in total. The SMILES string of the molecule is CS(=O)(=O)c1cccc(-c2ccc(Br)c(OCc3ccccc3)c2)c1. The van der Waals surface area contributed by atoms with Crippen LogP contribution < -0.4 is 4.74 Å². The maximum absolute atomic E-state index is 11.8. The summed E-state index contributed by atoms with van der Waals surface area (Å²) in [6.45, 7) is 0.465. The molecule has 0 spiro atoms. The van der Waals surface area contributed by atoms with Crippen LogP contribution in [0.1, 0.15) is 5.56 Å². The van der Waals surface area contributed by atoms with Crippen LogP contribution in [0.2, 0.25) is 0 Å². The molecule has 0 aromatic heterocycles. The monoisotopic (exact) mass is 416 g/mol. The number of ether oxygens (including phenoxy) is 1. The van der Waals surface area contributed by atoms with Gasteiger partial charge in [0, 0.05) is 6.26 Å². The van der Waals surface area contributed by atoms with Gasteiger partial charge in [-0.3, -0.25) is 0 Å². The van der Waals surface area contributed by atoms with Crippen LogP contribution in [0.4, 0.5) is 0 Å². The van der Waals surface area contributed by atoms with E-state index in [0.717, 1.165) is 21.2 Å². The molecule has 5 heteroatoms. The highest BCUT2D eigenvalue weighted by atomic mass is 79.9. The van der Waals surface area contributed by atoms with Gasteiger partial charge >= 0.3 is 0 Å². The summed E-state index contributed by atoms with van der Waals surface area (Å²) in [6, 6.07) is 22.6. The maximum atomic E-state index is 11.8. The highest BCUT2D eigenvalue weighted by molar-refractivity contribution is 9.10. The zero-order chi connectivity index (χ0) is 17.9. The molecule has 25 heavy (non-hydrogen) atoms. The van der Waals surface area contributed by atoms with Crippen LogP contribution in [-0.4, -0.2) is 14.7 Å². The number of hydrogen-bond donors (Lipinski definition) is 0. The summed E-state index contributed by atoms with van der Waals surface area (Å²) >= 11 is 3.50. The Morgan fingerprint density at radius 2 is 1.60 bits per heavy atom. The van der Waals surface area contributed by atoms with Crippen molar-refractivity contribution in [3.63, 3.8) is 0 Å². The normalized spacial score (nSPS) is 11.3. The Morgan fingerprint density at radius 3 is 2.32 bits per heavy atom. The van der Waals surface area contributed by atoms with Crippen LogP contribution in [0, 0.1) is 0 Å². The summed E-state index contributed by atoms with van der Waals surface area (Å²) < 4.78 is 30.3. The lowest BCUT2D eigenvalue weighted by Gasteiger charge is -2.11. The lowest BCUT2D eigenvalue weighted by atomic mass is 10.1. The van der Waals surface area contributed by atoms with E-state index in [9.17, 15) is 8.42 Å². The minimum atomic E-state index is -3.24. The first-order valence-corrected chi connectivity index (χ1v) is 10.4. The predicted octanol–water partition coefficient (Wildman–Crippen LogP) is 5.10. The van der Waals surface area contributed by atoms with E-state index in [2.05, 4.69) is 15.9 Å². The van der Waals surface area contributed by atoms with E-state index in [-0.39, 0.29) is 0 Å². The Labute approximate surface area is 156 Å². The van der Waals surface area contributed by atoms with E-state index in [1.165, 1.54) is 6.26 Å². The molecule has 0 saturated carbocycles. The molecule has 0 unspecified atom stereocenters. The third kappa shape index (κ3) is 4.50. The van der Waals surface area contributed by atoms with E-state index in [4.69, 9.17) is 4.74 Å². The molecule has 0 saturated heterocycles. The van der Waals surface area contributed by atoms with Crippen LogP contribution in [0.3, 0.4) is 0 Å². The van der Waals surface area contributed by atoms with Crippen molar-refractivity contribution in [1.82, 2.24) is 0 Å². The molecule has 3 aromatic carbocycles. The largest absolute Gasteiger partial charge is 0.488 e. The summed E-state index contributed by atoms with van der Waals surface area (Å²) in [7, 11) is -3.24. The van der Waals surface area contributed by atoms with Crippen LogP contribution in [0.5, 0.6) is 5.75 Å². The lowest BCUT2D eigenvalue weighted by molar-refractivity contribution is 0.304. The molecule has 0 heterocycles. The van der Waals surface area contributed by atoms with Gasteiger partial charge in [-0.25, -0.2) is 8.42 Å². The number of benzene rings is 3. The molecule has 0 aliphatic carbocycles. The van der Waals surface area contributed by atoms with Gasteiger partial charge in [-0.05, 0) is 56.9 Å². The Morgan fingerprint density at radius 1 is 0.880 bits per heavy atom. The second-order valence-electron chi connectivity index (χ2n) is 5.72. The molecule has 3 rings (SSSR count). The average Bonchev–Trinajstić information content (AvgIpc) is 2.61. The fraction of sp³-hybridized carbons (Fsp3) is 0.100. The molecular formula is C20H17BrO3S. The zero-order valence-corrected chi connectivity index (χ0v) is 16.0. The van der Waals surface area contributed by atoms with Crippen molar-refractivity contribution in [3.8, 4) is 16.9 Å². The first-order chi connectivity index (χ1) is 11.9. The second-order valence-corrected chi connectivity index (χ2v) is 8.59. The summed E-state index contributed by atoms with van der Waals surface area (Å²) in [6.07, 6.45) is 1.21. The maximum Gasteiger partial charge on any atom is 0.175 e. The third-order valence-corrected chi connectivity index (χ3v) is 5.53. The van der Waals surface area contributed by atoms with Crippen LogP contribution in [-0.2, 0) is 16.4 Å². The third-order valence-electron chi connectivity index (χ3n) is 3.76. The van der Waals surface area contributed by atoms with E-state index in [1.807, 2.05) is 54.6 Å². The number of rotatable bonds is 5. The van der Waals surface area contributed by atoms with Crippen molar-refractivity contribution in [3.05, 3.63) is 82.8 Å². The van der Waals surface area contributed by atoms with Crippen molar-refractivity contribution < 1.29 is 13.2 Å². The molecule has 128 valence electrons. The summed E-state index contributed by atoms with van der Waals surface area (Å²) in [4.78, 5) is 0.305. The molecule has 0 bridgehead atoms. The van der Waals surface area contributed by atoms with Gasteiger partial charge in [0.1, 0.15) is 12.4 Å². The van der Waals surface area contributed by atoms with Crippen molar-refractivity contribution in [2.45, 2.75) is 11.5 Å². The Hall–Kier alpha value is -2.11. The van der Waals surface area contributed by atoms with E-state index in [0.29, 0.717) is 17.3 Å². The van der Waals surface area contributed by atoms with Crippen LogP contribution in [0.15, 0.2) is 82.2 Å². The molecular weight excluding hydrogens is 400 g/mol. The van der Waals surface area contributed by atoms with Gasteiger partial charge in [0.05, 0.1) is 9.37 Å². The van der Waals surface area contributed by atoms with E-state index >= 15 is 0 Å². The number of sulfone groups is 1. The lowest BCUT2D eigenvalue weighted by Crippen LogP contribution is -1.97. The Bertz CT molecular complexity index is 983. The second kappa shape index (κ2) is 7.42. The van der Waals surface area contributed by atoms with Gasteiger partial charge in [-0.1, -0.05) is 48.5 Å². The fourth-order valence-corrected chi connectivity index (χ4v) is 3.46. The zero-order valence-electron chi connectivity index (χ0n) is 13.6. The topological polar surface area (TPSA) is 43.4 Å². The van der Waals surface area contributed by atoms with Gasteiger partial charge in [-0.15, -0.1) is 0 Å².